The number of nitrogens with one attached hydrogen (secondary N) is 1. The molecule has 1 rings (SSSR count). The summed E-state index contributed by atoms with van der Waals surface area (Å²) in [6.45, 7) is 6.03. The standard InChI is InChI=1S/C13H20N2OS/c1-3-13(4-2,10-16)9-15-7-12-5-11(6-14)8-17-12/h5,8,15-16H,3-4,7,9-10H2,1-2H3. The lowest BCUT2D eigenvalue weighted by Gasteiger charge is -2.29. The van der Waals surface area contributed by atoms with Crippen molar-refractivity contribution in [2.75, 3.05) is 13.2 Å². The Morgan fingerprint density at radius 1 is 1.47 bits per heavy atom. The van der Waals surface area contributed by atoms with E-state index in [1.165, 1.54) is 4.88 Å². The second kappa shape index (κ2) is 6.75. The van der Waals surface area contributed by atoms with E-state index in [0.29, 0.717) is 0 Å². The Hall–Kier alpha value is -0.890. The average molecular weight is 252 g/mol. The van der Waals surface area contributed by atoms with Crippen LogP contribution in [0.2, 0.25) is 0 Å². The van der Waals surface area contributed by atoms with Crippen molar-refractivity contribution in [1.82, 2.24) is 5.32 Å². The molecule has 0 atom stereocenters. The number of aliphatic hydroxyl groups is 1. The molecule has 0 spiro atoms. The van der Waals surface area contributed by atoms with Crippen LogP contribution in [-0.2, 0) is 6.54 Å². The highest BCUT2D eigenvalue weighted by molar-refractivity contribution is 7.10. The van der Waals surface area contributed by atoms with E-state index in [0.717, 1.165) is 31.5 Å². The molecule has 0 aliphatic rings. The van der Waals surface area contributed by atoms with Gasteiger partial charge in [-0.1, -0.05) is 13.8 Å². The minimum absolute atomic E-state index is 0.00464. The van der Waals surface area contributed by atoms with Crippen LogP contribution in [0.15, 0.2) is 11.4 Å². The van der Waals surface area contributed by atoms with E-state index in [1.54, 1.807) is 11.3 Å². The molecule has 0 unspecified atom stereocenters. The fourth-order valence-corrected chi connectivity index (χ4v) is 2.54. The molecular weight excluding hydrogens is 232 g/mol. The molecule has 0 radical (unpaired) electrons. The van der Waals surface area contributed by atoms with Gasteiger partial charge >= 0.3 is 0 Å². The Morgan fingerprint density at radius 3 is 2.65 bits per heavy atom. The van der Waals surface area contributed by atoms with Crippen molar-refractivity contribution < 1.29 is 5.11 Å². The third-order valence-electron chi connectivity index (χ3n) is 3.42. The molecular formula is C13H20N2OS. The van der Waals surface area contributed by atoms with Crippen LogP contribution in [-0.4, -0.2) is 18.3 Å². The van der Waals surface area contributed by atoms with Gasteiger partial charge in [0.2, 0.25) is 0 Å². The van der Waals surface area contributed by atoms with Gasteiger partial charge in [0.05, 0.1) is 5.56 Å². The summed E-state index contributed by atoms with van der Waals surface area (Å²) in [6, 6.07) is 4.04. The lowest BCUT2D eigenvalue weighted by molar-refractivity contribution is 0.113. The number of aliphatic hydroxyl groups excluding tert-OH is 1. The van der Waals surface area contributed by atoms with Crippen molar-refractivity contribution in [2.24, 2.45) is 5.41 Å². The first kappa shape index (κ1) is 14.2. The third kappa shape index (κ3) is 3.81. The molecule has 1 aromatic heterocycles. The summed E-state index contributed by atoms with van der Waals surface area (Å²) in [5.74, 6) is 0. The number of rotatable bonds is 7. The van der Waals surface area contributed by atoms with E-state index in [9.17, 15) is 5.11 Å². The van der Waals surface area contributed by atoms with Gasteiger partial charge in [0.1, 0.15) is 6.07 Å². The molecule has 2 N–H and O–H groups in total. The van der Waals surface area contributed by atoms with Crippen LogP contribution in [0.1, 0.15) is 37.1 Å². The van der Waals surface area contributed by atoms with Crippen LogP contribution in [0.25, 0.3) is 0 Å². The zero-order chi connectivity index (χ0) is 12.7. The maximum absolute atomic E-state index is 9.44. The summed E-state index contributed by atoms with van der Waals surface area (Å²) in [5, 5.41) is 23.4. The molecule has 4 heteroatoms. The molecule has 0 aromatic carbocycles. The second-order valence-corrected chi connectivity index (χ2v) is 5.38. The minimum atomic E-state index is -0.00464. The molecule has 94 valence electrons. The topological polar surface area (TPSA) is 56.0 Å². The maximum atomic E-state index is 9.44. The Balaban J connectivity index is 2.44. The summed E-state index contributed by atoms with van der Waals surface area (Å²) in [7, 11) is 0. The number of thiophene rings is 1. The van der Waals surface area contributed by atoms with Crippen LogP contribution in [0.5, 0.6) is 0 Å². The lowest BCUT2D eigenvalue weighted by Crippen LogP contribution is -2.36. The number of hydrogen-bond acceptors (Lipinski definition) is 4. The molecule has 0 aliphatic carbocycles. The highest BCUT2D eigenvalue weighted by Gasteiger charge is 2.24. The van der Waals surface area contributed by atoms with Crippen molar-refractivity contribution in [3.8, 4) is 6.07 Å². The van der Waals surface area contributed by atoms with Gasteiger partial charge in [-0.3, -0.25) is 0 Å². The van der Waals surface area contributed by atoms with E-state index in [-0.39, 0.29) is 12.0 Å². The normalized spacial score (nSPS) is 11.4. The van der Waals surface area contributed by atoms with Gasteiger partial charge in [-0.25, -0.2) is 0 Å². The maximum Gasteiger partial charge on any atom is 0.100 e. The second-order valence-electron chi connectivity index (χ2n) is 4.38. The van der Waals surface area contributed by atoms with Crippen LogP contribution >= 0.6 is 11.3 Å². The Bertz CT molecular complexity index is 369. The summed E-state index contributed by atoms with van der Waals surface area (Å²) in [4.78, 5) is 1.17. The zero-order valence-electron chi connectivity index (χ0n) is 10.5. The van der Waals surface area contributed by atoms with Crippen LogP contribution < -0.4 is 5.32 Å². The SMILES string of the molecule is CCC(CC)(CO)CNCc1cc(C#N)cs1. The van der Waals surface area contributed by atoms with E-state index < -0.39 is 0 Å². The average Bonchev–Trinajstić information content (AvgIpc) is 2.83. The summed E-state index contributed by atoms with van der Waals surface area (Å²) < 4.78 is 0. The van der Waals surface area contributed by atoms with E-state index in [4.69, 9.17) is 5.26 Å². The van der Waals surface area contributed by atoms with Crippen molar-refractivity contribution in [1.29, 1.82) is 5.26 Å². The highest BCUT2D eigenvalue weighted by atomic mass is 32.1. The number of nitrogens with zero attached hydrogens (tertiary/aromatic N) is 1. The molecule has 3 nitrogen and oxygen atoms in total. The molecule has 0 aliphatic heterocycles. The predicted octanol–water partition coefficient (Wildman–Crippen LogP) is 2.51. The molecule has 17 heavy (non-hydrogen) atoms. The fourth-order valence-electron chi connectivity index (χ4n) is 1.76. The smallest absolute Gasteiger partial charge is 0.100 e. The zero-order valence-corrected chi connectivity index (χ0v) is 11.3. The predicted molar refractivity (Wildman–Crippen MR) is 70.8 cm³/mol. The molecule has 0 fully saturated rings. The fraction of sp³-hybridized carbons (Fsp3) is 0.615. The monoisotopic (exact) mass is 252 g/mol. The molecule has 0 saturated carbocycles. The van der Waals surface area contributed by atoms with Crippen LogP contribution in [0.4, 0.5) is 0 Å². The number of nitriles is 1. The summed E-state index contributed by atoms with van der Waals surface area (Å²) in [6.07, 6.45) is 1.95. The van der Waals surface area contributed by atoms with Gasteiger partial charge in [-0.15, -0.1) is 11.3 Å². The summed E-state index contributed by atoms with van der Waals surface area (Å²) in [5.41, 5.74) is 0.723. The first-order valence-electron chi connectivity index (χ1n) is 5.98. The first-order chi connectivity index (χ1) is 8.19. The van der Waals surface area contributed by atoms with Crippen LogP contribution in [0.3, 0.4) is 0 Å². The molecule has 1 aromatic rings. The van der Waals surface area contributed by atoms with Crippen molar-refractivity contribution in [3.05, 3.63) is 21.9 Å². The Kier molecular flexibility index (Phi) is 5.63. The molecule has 1 heterocycles. The van der Waals surface area contributed by atoms with Gasteiger partial charge in [0.15, 0.2) is 0 Å². The van der Waals surface area contributed by atoms with E-state index in [1.807, 2.05) is 11.4 Å². The van der Waals surface area contributed by atoms with Gasteiger partial charge in [0, 0.05) is 35.4 Å². The van der Waals surface area contributed by atoms with Gasteiger partial charge in [-0.05, 0) is 18.9 Å². The van der Waals surface area contributed by atoms with Crippen LogP contribution in [0, 0.1) is 16.7 Å². The Morgan fingerprint density at radius 2 is 2.18 bits per heavy atom. The third-order valence-corrected chi connectivity index (χ3v) is 4.35. The first-order valence-corrected chi connectivity index (χ1v) is 6.86. The molecule has 0 bridgehead atoms. The minimum Gasteiger partial charge on any atom is -0.396 e. The largest absolute Gasteiger partial charge is 0.396 e. The number of hydrogen-bond donors (Lipinski definition) is 2. The van der Waals surface area contributed by atoms with E-state index in [2.05, 4.69) is 25.2 Å². The molecule has 0 saturated heterocycles. The van der Waals surface area contributed by atoms with Gasteiger partial charge < -0.3 is 10.4 Å². The van der Waals surface area contributed by atoms with Crippen molar-refractivity contribution in [2.45, 2.75) is 33.2 Å². The van der Waals surface area contributed by atoms with Gasteiger partial charge in [-0.2, -0.15) is 5.26 Å². The Labute approximate surface area is 107 Å². The lowest BCUT2D eigenvalue weighted by atomic mass is 9.83. The van der Waals surface area contributed by atoms with E-state index >= 15 is 0 Å². The summed E-state index contributed by atoms with van der Waals surface area (Å²) >= 11 is 1.60. The highest BCUT2D eigenvalue weighted by Crippen LogP contribution is 2.24. The quantitative estimate of drug-likeness (QED) is 0.784. The molecule has 0 amide bonds. The van der Waals surface area contributed by atoms with Crippen molar-refractivity contribution in [3.63, 3.8) is 0 Å². The van der Waals surface area contributed by atoms with Gasteiger partial charge in [0.25, 0.3) is 0 Å². The van der Waals surface area contributed by atoms with Crippen molar-refractivity contribution >= 4 is 11.3 Å².